The normalized spacial score (nSPS) is 11.1. The van der Waals surface area contributed by atoms with Crippen LogP contribution >= 0.6 is 12.6 Å². The van der Waals surface area contributed by atoms with E-state index in [-0.39, 0.29) is 23.8 Å². The third-order valence-electron chi connectivity index (χ3n) is 2.02. The molecule has 7 heteroatoms. The Kier molecular flexibility index (Phi) is 5.31. The molecule has 1 rings (SSSR count). The van der Waals surface area contributed by atoms with E-state index in [1.165, 1.54) is 13.2 Å². The first kappa shape index (κ1) is 14.2. The number of rotatable bonds is 5. The van der Waals surface area contributed by atoms with Crippen LogP contribution in [0.3, 0.4) is 0 Å². The van der Waals surface area contributed by atoms with Gasteiger partial charge in [-0.3, -0.25) is 0 Å². The van der Waals surface area contributed by atoms with E-state index in [4.69, 9.17) is 10.5 Å². The fraction of sp³-hybridized carbons (Fsp3) is 0.273. The maximum atomic E-state index is 10.8. The quantitative estimate of drug-likeness (QED) is 0.240. The Hall–Kier alpha value is -1.89. The van der Waals surface area contributed by atoms with Gasteiger partial charge in [0.05, 0.1) is 12.9 Å². The molecular formula is C11H14N2O4S. The first-order chi connectivity index (χ1) is 8.56. The van der Waals surface area contributed by atoms with Crippen LogP contribution in [0.1, 0.15) is 5.56 Å². The number of nitrogens with two attached hydrogens (primary N) is 1. The molecule has 0 fully saturated rings. The van der Waals surface area contributed by atoms with Crippen LogP contribution in [0.2, 0.25) is 0 Å². The van der Waals surface area contributed by atoms with Gasteiger partial charge in [-0.05, 0) is 17.7 Å². The summed E-state index contributed by atoms with van der Waals surface area (Å²) in [6, 6.07) is 4.78. The van der Waals surface area contributed by atoms with Gasteiger partial charge < -0.3 is 20.4 Å². The molecule has 3 N–H and O–H groups in total. The minimum absolute atomic E-state index is 0.0401. The molecule has 0 atom stereocenters. The summed E-state index contributed by atoms with van der Waals surface area (Å²) in [5.41, 5.74) is 6.35. The van der Waals surface area contributed by atoms with Gasteiger partial charge in [-0.15, -0.1) is 0 Å². The molecule has 18 heavy (non-hydrogen) atoms. The van der Waals surface area contributed by atoms with Crippen LogP contribution in [-0.2, 0) is 16.1 Å². The monoisotopic (exact) mass is 270 g/mol. The molecule has 0 unspecified atom stereocenters. The first-order valence-corrected chi connectivity index (χ1v) is 5.69. The van der Waals surface area contributed by atoms with Crippen molar-refractivity contribution in [3.8, 4) is 11.5 Å². The lowest BCUT2D eigenvalue weighted by Crippen LogP contribution is -2.17. The smallest absolute Gasteiger partial charge is 0.344 e. The molecule has 0 aliphatic carbocycles. The number of carbonyl (C=O) groups is 1. The highest BCUT2D eigenvalue weighted by Gasteiger charge is 2.05. The van der Waals surface area contributed by atoms with Gasteiger partial charge in [0, 0.05) is 6.42 Å². The van der Waals surface area contributed by atoms with E-state index in [0.717, 1.165) is 5.56 Å². The Balaban J connectivity index is 2.69. The second-order valence-corrected chi connectivity index (χ2v) is 3.70. The van der Waals surface area contributed by atoms with Crippen molar-refractivity contribution < 1.29 is 19.5 Å². The summed E-state index contributed by atoms with van der Waals surface area (Å²) in [7, 11) is 1.45. The molecule has 0 spiro atoms. The summed E-state index contributed by atoms with van der Waals surface area (Å²) < 4.78 is 4.96. The number of ether oxygens (including phenoxy) is 1. The van der Waals surface area contributed by atoms with Gasteiger partial charge >= 0.3 is 5.97 Å². The van der Waals surface area contributed by atoms with Crippen LogP contribution in [0.4, 0.5) is 0 Å². The van der Waals surface area contributed by atoms with Crippen LogP contribution < -0.4 is 10.5 Å². The van der Waals surface area contributed by atoms with Gasteiger partial charge in [0.25, 0.3) is 0 Å². The third-order valence-corrected chi connectivity index (χ3v) is 2.28. The van der Waals surface area contributed by atoms with E-state index in [1.807, 2.05) is 0 Å². The van der Waals surface area contributed by atoms with Crippen molar-refractivity contribution in [1.82, 2.24) is 0 Å². The highest BCUT2D eigenvalue weighted by Crippen LogP contribution is 2.26. The molecule has 0 saturated heterocycles. The second kappa shape index (κ2) is 6.75. The second-order valence-electron chi connectivity index (χ2n) is 3.39. The van der Waals surface area contributed by atoms with Gasteiger partial charge in [-0.2, -0.15) is 12.6 Å². The molecule has 1 aromatic rings. The van der Waals surface area contributed by atoms with Crippen molar-refractivity contribution in [2.24, 2.45) is 10.9 Å². The number of aromatic hydroxyl groups is 1. The van der Waals surface area contributed by atoms with Crippen molar-refractivity contribution in [2.75, 3.05) is 12.9 Å². The van der Waals surface area contributed by atoms with E-state index in [1.54, 1.807) is 12.1 Å². The largest absolute Gasteiger partial charge is 0.504 e. The van der Waals surface area contributed by atoms with Crippen molar-refractivity contribution in [3.63, 3.8) is 0 Å². The number of amidine groups is 1. The van der Waals surface area contributed by atoms with Crippen LogP contribution in [0.25, 0.3) is 0 Å². The van der Waals surface area contributed by atoms with Gasteiger partial charge in [0.2, 0.25) is 0 Å². The summed E-state index contributed by atoms with van der Waals surface area (Å²) in [6.07, 6.45) is 0.274. The maximum Gasteiger partial charge on any atom is 0.344 e. The molecule has 0 aliphatic rings. The molecule has 6 nitrogen and oxygen atoms in total. The summed E-state index contributed by atoms with van der Waals surface area (Å²) in [5.74, 6) is -0.127. The highest BCUT2D eigenvalue weighted by atomic mass is 32.1. The van der Waals surface area contributed by atoms with E-state index in [9.17, 15) is 9.90 Å². The molecule has 1 aromatic carbocycles. The van der Waals surface area contributed by atoms with Crippen molar-refractivity contribution in [3.05, 3.63) is 23.8 Å². The van der Waals surface area contributed by atoms with Gasteiger partial charge in [0.1, 0.15) is 5.84 Å². The van der Waals surface area contributed by atoms with Crippen LogP contribution in [0, 0.1) is 0 Å². The lowest BCUT2D eigenvalue weighted by Gasteiger charge is -2.06. The number of methoxy groups -OCH3 is 1. The number of benzene rings is 1. The maximum absolute atomic E-state index is 10.8. The molecule has 0 saturated carbocycles. The van der Waals surface area contributed by atoms with Crippen LogP contribution in [0.15, 0.2) is 23.4 Å². The molecule has 0 radical (unpaired) electrons. The summed E-state index contributed by atoms with van der Waals surface area (Å²) >= 11 is 3.73. The summed E-state index contributed by atoms with van der Waals surface area (Å²) in [5, 5.41) is 12.9. The van der Waals surface area contributed by atoms with Gasteiger partial charge in [-0.25, -0.2) is 4.79 Å². The number of oxime groups is 1. The molecule has 0 bridgehead atoms. The van der Waals surface area contributed by atoms with E-state index in [2.05, 4.69) is 22.6 Å². The topological polar surface area (TPSA) is 94.1 Å². The zero-order valence-corrected chi connectivity index (χ0v) is 10.7. The van der Waals surface area contributed by atoms with E-state index < -0.39 is 5.97 Å². The number of carbonyl (C=O) groups excluding carboxylic acids is 1. The number of hydrogen-bond donors (Lipinski definition) is 3. The van der Waals surface area contributed by atoms with Crippen molar-refractivity contribution in [2.45, 2.75) is 6.42 Å². The van der Waals surface area contributed by atoms with E-state index >= 15 is 0 Å². The average Bonchev–Trinajstić information content (AvgIpc) is 2.38. The lowest BCUT2D eigenvalue weighted by molar-refractivity contribution is -0.140. The minimum atomic E-state index is -0.579. The average molecular weight is 270 g/mol. The molecule has 0 aromatic heterocycles. The molecule has 0 amide bonds. The molecular weight excluding hydrogens is 256 g/mol. The van der Waals surface area contributed by atoms with Gasteiger partial charge in [-0.1, -0.05) is 11.2 Å². The Morgan fingerprint density at radius 2 is 2.28 bits per heavy atom. The van der Waals surface area contributed by atoms with Crippen molar-refractivity contribution >= 4 is 24.4 Å². The standard InChI is InChI=1S/C11H14N2O4S/c1-16-9-4-7(2-3-8(9)14)5-10(12)13-17-11(15)6-18/h2-4,14,18H,5-6H2,1H3,(H2,12,13). The predicted octanol–water partition coefficient (Wildman–Crippen LogP) is 0.688. The molecule has 98 valence electrons. The molecule has 0 heterocycles. The Labute approximate surface area is 110 Å². The molecule has 0 aliphatic heterocycles. The number of phenolic OH excluding ortho intramolecular Hbond substituents is 1. The number of phenols is 1. The van der Waals surface area contributed by atoms with Crippen LogP contribution in [0.5, 0.6) is 11.5 Å². The highest BCUT2D eigenvalue weighted by molar-refractivity contribution is 7.81. The number of hydrogen-bond acceptors (Lipinski definition) is 6. The van der Waals surface area contributed by atoms with Gasteiger partial charge in [0.15, 0.2) is 11.5 Å². The summed E-state index contributed by atoms with van der Waals surface area (Å²) in [6.45, 7) is 0. The Morgan fingerprint density at radius 1 is 1.56 bits per heavy atom. The zero-order valence-electron chi connectivity index (χ0n) is 9.79. The lowest BCUT2D eigenvalue weighted by atomic mass is 10.1. The fourth-order valence-corrected chi connectivity index (χ4v) is 1.27. The number of nitrogens with zero attached hydrogens (tertiary/aromatic N) is 1. The third kappa shape index (κ3) is 4.17. The Morgan fingerprint density at radius 3 is 2.89 bits per heavy atom. The van der Waals surface area contributed by atoms with E-state index in [0.29, 0.717) is 5.75 Å². The van der Waals surface area contributed by atoms with Crippen LogP contribution in [-0.4, -0.2) is 29.8 Å². The van der Waals surface area contributed by atoms with Crippen molar-refractivity contribution in [1.29, 1.82) is 0 Å². The number of thiol groups is 1. The minimum Gasteiger partial charge on any atom is -0.504 e. The zero-order chi connectivity index (χ0) is 13.5. The predicted molar refractivity (Wildman–Crippen MR) is 69.9 cm³/mol. The summed E-state index contributed by atoms with van der Waals surface area (Å²) in [4.78, 5) is 15.3. The fourth-order valence-electron chi connectivity index (χ4n) is 1.21. The first-order valence-electron chi connectivity index (χ1n) is 5.05. The Bertz CT molecular complexity index is 462. The SMILES string of the molecule is COc1cc(C/C(N)=N/OC(=O)CS)ccc1O.